The maximum absolute atomic E-state index is 15.1. The second-order valence-electron chi connectivity index (χ2n) is 8.50. The van der Waals surface area contributed by atoms with Gasteiger partial charge in [-0.15, -0.1) is 11.3 Å². The first-order valence-corrected chi connectivity index (χ1v) is 12.5. The van der Waals surface area contributed by atoms with Crippen molar-refractivity contribution in [3.63, 3.8) is 0 Å². The molecule has 0 aliphatic heterocycles. The van der Waals surface area contributed by atoms with E-state index in [9.17, 15) is 18.3 Å². The SMILES string of the molecule is CN(Cc1cc(-c2cccc(CO)c2F)c(S(=O)(=O)c2ccccc2)s1)C(=O)OC(C)(C)C. The van der Waals surface area contributed by atoms with Gasteiger partial charge in [0.15, 0.2) is 0 Å². The summed E-state index contributed by atoms with van der Waals surface area (Å²) in [6.45, 7) is 4.83. The predicted octanol–water partition coefficient (Wildman–Crippen LogP) is 5.25. The molecule has 0 aliphatic carbocycles. The molecular weight excluding hydrogens is 465 g/mol. The summed E-state index contributed by atoms with van der Waals surface area (Å²) in [7, 11) is -2.42. The van der Waals surface area contributed by atoms with Gasteiger partial charge in [-0.3, -0.25) is 0 Å². The molecule has 1 amide bonds. The van der Waals surface area contributed by atoms with E-state index in [1.54, 1.807) is 58.2 Å². The molecule has 0 bridgehead atoms. The largest absolute Gasteiger partial charge is 0.444 e. The van der Waals surface area contributed by atoms with Crippen LogP contribution >= 0.6 is 11.3 Å². The van der Waals surface area contributed by atoms with E-state index in [0.717, 1.165) is 11.3 Å². The smallest absolute Gasteiger partial charge is 0.410 e. The number of thiophene rings is 1. The molecular formula is C24H26FNO5S2. The quantitative estimate of drug-likeness (QED) is 0.509. The number of aliphatic hydroxyl groups is 1. The Morgan fingerprint density at radius 3 is 2.36 bits per heavy atom. The summed E-state index contributed by atoms with van der Waals surface area (Å²) in [6.07, 6.45) is -0.557. The molecule has 176 valence electrons. The molecule has 1 heterocycles. The van der Waals surface area contributed by atoms with E-state index in [1.165, 1.54) is 29.2 Å². The molecule has 6 nitrogen and oxygen atoms in total. The number of sulfone groups is 1. The van der Waals surface area contributed by atoms with Crippen molar-refractivity contribution in [2.75, 3.05) is 7.05 Å². The number of aliphatic hydroxyl groups excluding tert-OH is 1. The minimum Gasteiger partial charge on any atom is -0.444 e. The summed E-state index contributed by atoms with van der Waals surface area (Å²) in [5.41, 5.74) is -0.362. The molecule has 3 aromatic rings. The molecule has 9 heteroatoms. The van der Waals surface area contributed by atoms with Gasteiger partial charge in [0, 0.05) is 28.6 Å². The molecule has 0 atom stereocenters. The molecule has 1 N–H and O–H groups in total. The highest BCUT2D eigenvalue weighted by Gasteiger charge is 2.28. The topological polar surface area (TPSA) is 83.9 Å². The van der Waals surface area contributed by atoms with Crippen LogP contribution in [-0.2, 0) is 27.7 Å². The fourth-order valence-corrected chi connectivity index (χ4v) is 6.33. The van der Waals surface area contributed by atoms with Crippen LogP contribution in [-0.4, -0.2) is 37.2 Å². The van der Waals surface area contributed by atoms with Gasteiger partial charge >= 0.3 is 6.09 Å². The average Bonchev–Trinajstić information content (AvgIpc) is 3.17. The van der Waals surface area contributed by atoms with Crippen molar-refractivity contribution in [3.8, 4) is 11.1 Å². The van der Waals surface area contributed by atoms with Crippen molar-refractivity contribution < 1.29 is 27.4 Å². The summed E-state index contributed by atoms with van der Waals surface area (Å²) < 4.78 is 47.3. The lowest BCUT2D eigenvalue weighted by atomic mass is 10.0. The van der Waals surface area contributed by atoms with E-state index in [4.69, 9.17) is 4.74 Å². The van der Waals surface area contributed by atoms with E-state index in [-0.39, 0.29) is 32.3 Å². The van der Waals surface area contributed by atoms with Gasteiger partial charge in [-0.1, -0.05) is 36.4 Å². The zero-order valence-corrected chi connectivity index (χ0v) is 20.5. The van der Waals surface area contributed by atoms with Crippen LogP contribution in [0.15, 0.2) is 63.7 Å². The van der Waals surface area contributed by atoms with Gasteiger partial charge in [0.2, 0.25) is 9.84 Å². The van der Waals surface area contributed by atoms with Crippen LogP contribution in [0.4, 0.5) is 9.18 Å². The number of benzene rings is 2. The van der Waals surface area contributed by atoms with Gasteiger partial charge in [-0.25, -0.2) is 17.6 Å². The van der Waals surface area contributed by atoms with Gasteiger partial charge in [0.05, 0.1) is 18.0 Å². The molecule has 0 spiro atoms. The van der Waals surface area contributed by atoms with Crippen LogP contribution in [0.2, 0.25) is 0 Å². The van der Waals surface area contributed by atoms with E-state index in [1.807, 2.05) is 0 Å². The average molecular weight is 492 g/mol. The molecule has 0 radical (unpaired) electrons. The monoisotopic (exact) mass is 491 g/mol. The van der Waals surface area contributed by atoms with Crippen molar-refractivity contribution in [2.45, 2.75) is 48.6 Å². The Morgan fingerprint density at radius 1 is 1.09 bits per heavy atom. The van der Waals surface area contributed by atoms with Gasteiger partial charge < -0.3 is 14.7 Å². The van der Waals surface area contributed by atoms with Crippen molar-refractivity contribution in [1.29, 1.82) is 0 Å². The van der Waals surface area contributed by atoms with Crippen molar-refractivity contribution in [3.05, 3.63) is 70.9 Å². The minimum absolute atomic E-state index is 0.0321. The number of nitrogens with zero attached hydrogens (tertiary/aromatic N) is 1. The van der Waals surface area contributed by atoms with Gasteiger partial charge in [-0.05, 0) is 39.0 Å². The summed E-state index contributed by atoms with van der Waals surface area (Å²) in [5.74, 6) is -0.686. The highest BCUT2D eigenvalue weighted by molar-refractivity contribution is 7.93. The first-order chi connectivity index (χ1) is 15.4. The first kappa shape index (κ1) is 24.9. The molecule has 33 heavy (non-hydrogen) atoms. The molecule has 3 rings (SSSR count). The van der Waals surface area contributed by atoms with E-state index in [2.05, 4.69) is 0 Å². The highest BCUT2D eigenvalue weighted by Crippen LogP contribution is 2.40. The number of rotatable bonds is 6. The van der Waals surface area contributed by atoms with Crippen LogP contribution in [0.25, 0.3) is 11.1 Å². The number of carbonyl (C=O) groups is 1. The molecule has 0 aliphatic rings. The van der Waals surface area contributed by atoms with Crippen molar-refractivity contribution in [1.82, 2.24) is 4.90 Å². The number of hydrogen-bond donors (Lipinski definition) is 1. The Bertz CT molecular complexity index is 1250. The van der Waals surface area contributed by atoms with E-state index >= 15 is 4.39 Å². The van der Waals surface area contributed by atoms with E-state index in [0.29, 0.717) is 4.88 Å². The minimum atomic E-state index is -3.96. The van der Waals surface area contributed by atoms with Crippen LogP contribution in [0.5, 0.6) is 0 Å². The number of amides is 1. The number of hydrogen-bond acceptors (Lipinski definition) is 6. The third-order valence-electron chi connectivity index (χ3n) is 4.68. The number of ether oxygens (including phenoxy) is 1. The third kappa shape index (κ3) is 5.61. The number of halogens is 1. The van der Waals surface area contributed by atoms with Gasteiger partial charge in [-0.2, -0.15) is 0 Å². The predicted molar refractivity (Wildman–Crippen MR) is 125 cm³/mol. The number of carbonyl (C=O) groups excluding carboxylic acids is 1. The van der Waals surface area contributed by atoms with Crippen LogP contribution < -0.4 is 0 Å². The second-order valence-corrected chi connectivity index (χ2v) is 11.8. The standard InChI is InChI=1S/C24H26FNO5S2/c1-24(2,3)31-23(28)26(4)14-17-13-20(19-12-8-9-16(15-27)21(19)25)22(32-17)33(29,30)18-10-6-5-7-11-18/h5-13,27H,14-15H2,1-4H3. The maximum Gasteiger partial charge on any atom is 0.410 e. The summed E-state index contributed by atoms with van der Waals surface area (Å²) in [6, 6.07) is 13.9. The summed E-state index contributed by atoms with van der Waals surface area (Å²) >= 11 is 0.975. The Labute approximate surface area is 197 Å². The van der Waals surface area contributed by atoms with Gasteiger partial charge in [0.1, 0.15) is 15.6 Å². The zero-order chi connectivity index (χ0) is 24.4. The molecule has 1 aromatic heterocycles. The second kappa shape index (κ2) is 9.62. The van der Waals surface area contributed by atoms with Gasteiger partial charge in [0.25, 0.3) is 0 Å². The lowest BCUT2D eigenvalue weighted by Crippen LogP contribution is -2.33. The Morgan fingerprint density at radius 2 is 1.76 bits per heavy atom. The third-order valence-corrected chi connectivity index (χ3v) is 8.11. The Kier molecular flexibility index (Phi) is 7.26. The lowest BCUT2D eigenvalue weighted by molar-refractivity contribution is 0.0286. The summed E-state index contributed by atoms with van der Waals surface area (Å²) in [5, 5.41) is 9.46. The lowest BCUT2D eigenvalue weighted by Gasteiger charge is -2.24. The molecule has 2 aromatic carbocycles. The Balaban J connectivity index is 2.10. The molecule has 0 saturated heterocycles. The molecule has 0 unspecified atom stereocenters. The normalized spacial score (nSPS) is 11.9. The van der Waals surface area contributed by atoms with Crippen molar-refractivity contribution in [2.24, 2.45) is 0 Å². The molecule has 0 saturated carbocycles. The van der Waals surface area contributed by atoms with Crippen LogP contribution in [0.1, 0.15) is 31.2 Å². The fraction of sp³-hybridized carbons (Fsp3) is 0.292. The highest BCUT2D eigenvalue weighted by atomic mass is 32.2. The van der Waals surface area contributed by atoms with Crippen molar-refractivity contribution >= 4 is 27.3 Å². The fourth-order valence-electron chi connectivity index (χ4n) is 3.14. The summed E-state index contributed by atoms with van der Waals surface area (Å²) in [4.78, 5) is 14.3. The maximum atomic E-state index is 15.1. The Hall–Kier alpha value is -2.75. The van der Waals surface area contributed by atoms with Crippen LogP contribution in [0, 0.1) is 5.82 Å². The van der Waals surface area contributed by atoms with Crippen LogP contribution in [0.3, 0.4) is 0 Å². The first-order valence-electron chi connectivity index (χ1n) is 10.2. The van der Waals surface area contributed by atoms with E-state index < -0.39 is 34.0 Å². The molecule has 0 fully saturated rings. The zero-order valence-electron chi connectivity index (χ0n) is 18.8.